The molecule has 1 rings (SSSR count). The van der Waals surface area contributed by atoms with Crippen LogP contribution in [0.25, 0.3) is 0 Å². The lowest BCUT2D eigenvalue weighted by Crippen LogP contribution is -2.02. The van der Waals surface area contributed by atoms with Crippen molar-refractivity contribution in [3.05, 3.63) is 29.6 Å². The van der Waals surface area contributed by atoms with Crippen molar-refractivity contribution in [2.24, 2.45) is 0 Å². The Kier molecular flexibility index (Phi) is 2.77. The number of rotatable bonds is 1. The summed E-state index contributed by atoms with van der Waals surface area (Å²) in [5.74, 6) is -5.25. The molecule has 2 nitrogen and oxygen atoms in total. The fourth-order valence-electron chi connectivity index (χ4n) is 0.682. The van der Waals surface area contributed by atoms with E-state index in [2.05, 4.69) is 4.74 Å². The smallest absolute Gasteiger partial charge is 0.408 e. The van der Waals surface area contributed by atoms with Crippen LogP contribution in [0, 0.1) is 17.5 Å². The zero-order chi connectivity index (χ0) is 10.0. The molecule has 13 heavy (non-hydrogen) atoms. The van der Waals surface area contributed by atoms with Gasteiger partial charge in [-0.25, -0.2) is 13.6 Å². The first kappa shape index (κ1) is 9.85. The van der Waals surface area contributed by atoms with Crippen molar-refractivity contribution in [1.29, 1.82) is 0 Å². The Labute approximate surface area is 75.9 Å². The Morgan fingerprint density at radius 3 is 2.31 bits per heavy atom. The molecule has 0 N–H and O–H groups in total. The first-order valence-corrected chi connectivity index (χ1v) is 3.41. The van der Waals surface area contributed by atoms with Crippen LogP contribution in [0.1, 0.15) is 0 Å². The van der Waals surface area contributed by atoms with Crippen LogP contribution in [0.4, 0.5) is 18.0 Å². The minimum atomic E-state index is -1.59. The van der Waals surface area contributed by atoms with Gasteiger partial charge < -0.3 is 4.74 Å². The van der Waals surface area contributed by atoms with Crippen LogP contribution in [0.2, 0.25) is 0 Å². The summed E-state index contributed by atoms with van der Waals surface area (Å²) in [6.07, 6.45) is 0. The Balaban J connectivity index is 3.17. The van der Waals surface area contributed by atoms with Gasteiger partial charge in [-0.15, -0.1) is 0 Å². The van der Waals surface area contributed by atoms with E-state index in [4.69, 9.17) is 11.6 Å². The Bertz CT molecular complexity index is 354. The molecule has 0 aliphatic heterocycles. The maximum atomic E-state index is 12.7. The lowest BCUT2D eigenvalue weighted by atomic mass is 10.3. The maximum absolute atomic E-state index is 12.7. The summed E-state index contributed by atoms with van der Waals surface area (Å²) >= 11 is 4.69. The van der Waals surface area contributed by atoms with E-state index in [0.717, 1.165) is 0 Å². The van der Waals surface area contributed by atoms with E-state index in [1.54, 1.807) is 0 Å². The average molecular weight is 211 g/mol. The normalized spacial score (nSPS) is 9.85. The molecule has 0 aliphatic rings. The molecule has 0 spiro atoms. The zero-order valence-electron chi connectivity index (χ0n) is 5.98. The first-order valence-electron chi connectivity index (χ1n) is 3.03. The monoisotopic (exact) mass is 210 g/mol. The number of carbonyl (C=O) groups is 1. The van der Waals surface area contributed by atoms with Crippen LogP contribution < -0.4 is 4.74 Å². The van der Waals surface area contributed by atoms with Gasteiger partial charge in [-0.3, -0.25) is 0 Å². The van der Waals surface area contributed by atoms with Crippen LogP contribution in [0.3, 0.4) is 0 Å². The Morgan fingerprint density at radius 2 is 1.77 bits per heavy atom. The average Bonchev–Trinajstić information content (AvgIpc) is 2.05. The molecule has 0 amide bonds. The van der Waals surface area contributed by atoms with Gasteiger partial charge in [0.2, 0.25) is 11.6 Å². The van der Waals surface area contributed by atoms with Gasteiger partial charge >= 0.3 is 5.43 Å². The molecule has 0 saturated carbocycles. The van der Waals surface area contributed by atoms with Crippen molar-refractivity contribution in [1.82, 2.24) is 0 Å². The lowest BCUT2D eigenvalue weighted by molar-refractivity contribution is 0.220. The van der Waals surface area contributed by atoms with E-state index >= 15 is 0 Å². The number of hydrogen-bond donors (Lipinski definition) is 0. The second kappa shape index (κ2) is 3.66. The summed E-state index contributed by atoms with van der Waals surface area (Å²) < 4.78 is 41.6. The summed E-state index contributed by atoms with van der Waals surface area (Å²) in [7, 11) is 0. The Morgan fingerprint density at radius 1 is 1.23 bits per heavy atom. The fourth-order valence-corrected chi connectivity index (χ4v) is 0.759. The van der Waals surface area contributed by atoms with Crippen molar-refractivity contribution in [3.8, 4) is 5.75 Å². The third-order valence-corrected chi connectivity index (χ3v) is 1.26. The van der Waals surface area contributed by atoms with Crippen LogP contribution >= 0.6 is 11.6 Å². The van der Waals surface area contributed by atoms with Crippen LogP contribution in [0.15, 0.2) is 12.1 Å². The highest BCUT2D eigenvalue weighted by atomic mass is 35.5. The van der Waals surface area contributed by atoms with Gasteiger partial charge in [0.25, 0.3) is 0 Å². The quantitative estimate of drug-likeness (QED) is 0.526. The summed E-state index contributed by atoms with van der Waals surface area (Å²) in [6, 6.07) is 1.18. The number of ether oxygens (including phenoxy) is 1. The molecule has 0 fully saturated rings. The van der Waals surface area contributed by atoms with Gasteiger partial charge in [-0.05, 0) is 12.1 Å². The highest BCUT2D eigenvalue weighted by molar-refractivity contribution is 6.61. The molecule has 0 aliphatic carbocycles. The molecule has 0 bridgehead atoms. The van der Waals surface area contributed by atoms with Crippen LogP contribution in [0.5, 0.6) is 5.75 Å². The first-order chi connectivity index (χ1) is 6.02. The van der Waals surface area contributed by atoms with Crippen molar-refractivity contribution in [2.45, 2.75) is 0 Å². The molecule has 1 aromatic rings. The molecule has 0 saturated heterocycles. The van der Waals surface area contributed by atoms with Crippen molar-refractivity contribution in [3.63, 3.8) is 0 Å². The SMILES string of the molecule is O=C(Cl)Oc1c(F)ccc(F)c1F. The third kappa shape index (κ3) is 2.12. The molecule has 0 radical (unpaired) electrons. The molecule has 0 atom stereocenters. The van der Waals surface area contributed by atoms with Gasteiger partial charge in [0.1, 0.15) is 0 Å². The van der Waals surface area contributed by atoms with Crippen LogP contribution in [-0.2, 0) is 0 Å². The molecule has 0 aromatic heterocycles. The van der Waals surface area contributed by atoms with Gasteiger partial charge in [0.05, 0.1) is 0 Å². The molecular weight excluding hydrogens is 209 g/mol. The summed E-state index contributed by atoms with van der Waals surface area (Å²) in [6.45, 7) is 0. The van der Waals surface area contributed by atoms with Crippen molar-refractivity contribution in [2.75, 3.05) is 0 Å². The number of halogens is 4. The summed E-state index contributed by atoms with van der Waals surface area (Å²) in [5, 5.41) is 0. The van der Waals surface area contributed by atoms with Gasteiger partial charge in [0.15, 0.2) is 11.6 Å². The highest BCUT2D eigenvalue weighted by Crippen LogP contribution is 2.24. The van der Waals surface area contributed by atoms with E-state index in [0.29, 0.717) is 12.1 Å². The number of carbonyl (C=O) groups excluding carboxylic acids is 1. The lowest BCUT2D eigenvalue weighted by Gasteiger charge is -2.02. The molecule has 0 unspecified atom stereocenters. The van der Waals surface area contributed by atoms with Gasteiger partial charge in [0, 0.05) is 11.6 Å². The molecule has 6 heteroatoms. The van der Waals surface area contributed by atoms with E-state index in [-0.39, 0.29) is 0 Å². The summed E-state index contributed by atoms with van der Waals surface area (Å²) in [4.78, 5) is 10.1. The topological polar surface area (TPSA) is 26.3 Å². The second-order valence-electron chi connectivity index (χ2n) is 2.01. The second-order valence-corrected chi connectivity index (χ2v) is 2.32. The van der Waals surface area contributed by atoms with Crippen molar-refractivity contribution < 1.29 is 22.7 Å². The van der Waals surface area contributed by atoms with E-state index in [9.17, 15) is 18.0 Å². The van der Waals surface area contributed by atoms with Gasteiger partial charge in [-0.2, -0.15) is 4.39 Å². The minimum Gasteiger partial charge on any atom is -0.408 e. The largest absolute Gasteiger partial charge is 0.409 e. The van der Waals surface area contributed by atoms with Crippen LogP contribution in [-0.4, -0.2) is 5.43 Å². The van der Waals surface area contributed by atoms with E-state index < -0.39 is 28.6 Å². The van der Waals surface area contributed by atoms with Crippen molar-refractivity contribution >= 4 is 17.0 Å². The van der Waals surface area contributed by atoms with E-state index in [1.165, 1.54) is 0 Å². The van der Waals surface area contributed by atoms with Gasteiger partial charge in [-0.1, -0.05) is 0 Å². The standard InChI is InChI=1S/C7H2ClF3O2/c8-7(12)13-6-4(10)2-1-3(9)5(6)11/h1-2H. The summed E-state index contributed by atoms with van der Waals surface area (Å²) in [5.41, 5.74) is -1.44. The fraction of sp³-hybridized carbons (Fsp3) is 0. The minimum absolute atomic E-state index is 0.566. The number of benzene rings is 1. The molecule has 0 heterocycles. The van der Waals surface area contributed by atoms with E-state index in [1.807, 2.05) is 0 Å². The third-order valence-electron chi connectivity index (χ3n) is 1.18. The highest BCUT2D eigenvalue weighted by Gasteiger charge is 2.17. The Hall–Kier alpha value is -1.23. The molecular formula is C7H2ClF3O2. The molecule has 1 aromatic carbocycles. The molecule has 70 valence electrons. The predicted molar refractivity (Wildman–Crippen MR) is 38.2 cm³/mol. The zero-order valence-corrected chi connectivity index (χ0v) is 6.74. The predicted octanol–water partition coefficient (Wildman–Crippen LogP) is 2.84. The maximum Gasteiger partial charge on any atom is 0.409 e. The number of hydrogen-bond acceptors (Lipinski definition) is 2.